The Morgan fingerprint density at radius 3 is 2.82 bits per heavy atom. The van der Waals surface area contributed by atoms with Gasteiger partial charge < -0.3 is 9.64 Å². The second-order valence-corrected chi connectivity index (χ2v) is 7.47. The van der Waals surface area contributed by atoms with Crippen LogP contribution < -0.4 is 4.74 Å². The summed E-state index contributed by atoms with van der Waals surface area (Å²) >= 11 is 0. The largest absolute Gasteiger partial charge is 0.476 e. The Balaban J connectivity index is 1.22. The molecule has 1 atom stereocenters. The Morgan fingerprint density at radius 2 is 2.00 bits per heavy atom. The summed E-state index contributed by atoms with van der Waals surface area (Å²) in [5.41, 5.74) is 0.841. The summed E-state index contributed by atoms with van der Waals surface area (Å²) in [5, 5.41) is 12.9. The lowest BCUT2D eigenvalue weighted by Gasteiger charge is -2.17. The molecule has 0 radical (unpaired) electrons. The highest BCUT2D eigenvalue weighted by molar-refractivity contribution is 5.94. The third-order valence-electron chi connectivity index (χ3n) is 5.35. The number of halogens is 1. The van der Waals surface area contributed by atoms with E-state index >= 15 is 0 Å². The van der Waals surface area contributed by atoms with Gasteiger partial charge in [0.1, 0.15) is 5.82 Å². The van der Waals surface area contributed by atoms with Crippen LogP contribution in [0.25, 0.3) is 5.65 Å². The van der Waals surface area contributed by atoms with Gasteiger partial charge >= 0.3 is 0 Å². The van der Waals surface area contributed by atoms with E-state index in [1.54, 1.807) is 27.6 Å². The average molecular weight is 381 g/mol. The number of carbonyl (C=O) groups is 1. The highest BCUT2D eigenvalue weighted by atomic mass is 19.1. The van der Waals surface area contributed by atoms with Crippen molar-refractivity contribution in [2.24, 2.45) is 5.92 Å². The zero-order valence-electron chi connectivity index (χ0n) is 15.3. The van der Waals surface area contributed by atoms with Gasteiger partial charge in [-0.15, -0.1) is 15.3 Å². The third-order valence-corrected chi connectivity index (χ3v) is 5.35. The Hall–Kier alpha value is -3.03. The maximum absolute atomic E-state index is 13.9. The molecule has 144 valence electrons. The van der Waals surface area contributed by atoms with Crippen molar-refractivity contribution in [2.45, 2.75) is 25.2 Å². The summed E-state index contributed by atoms with van der Waals surface area (Å²) in [6, 6.07) is 9.74. The zero-order chi connectivity index (χ0) is 19.1. The van der Waals surface area contributed by atoms with E-state index in [4.69, 9.17) is 4.74 Å². The summed E-state index contributed by atoms with van der Waals surface area (Å²) in [6.45, 7) is 1.61. The lowest BCUT2D eigenvalue weighted by atomic mass is 10.1. The van der Waals surface area contributed by atoms with Gasteiger partial charge in [0.25, 0.3) is 5.91 Å². The average Bonchev–Trinajstić information content (AvgIpc) is 3.29. The van der Waals surface area contributed by atoms with Crippen LogP contribution in [-0.2, 0) is 0 Å². The second-order valence-electron chi connectivity index (χ2n) is 7.47. The Kier molecular flexibility index (Phi) is 4.18. The van der Waals surface area contributed by atoms with Gasteiger partial charge in [-0.3, -0.25) is 4.79 Å². The molecule has 0 N–H and O–H groups in total. The quantitative estimate of drug-likeness (QED) is 0.679. The molecule has 5 rings (SSSR count). The molecule has 2 aliphatic rings. The molecule has 1 aliphatic heterocycles. The number of hydrogen-bond acceptors (Lipinski definition) is 5. The lowest BCUT2D eigenvalue weighted by Crippen LogP contribution is -2.30. The molecule has 2 aromatic heterocycles. The number of ether oxygens (including phenoxy) is 1. The van der Waals surface area contributed by atoms with Crippen LogP contribution >= 0.6 is 0 Å². The first-order valence-electron chi connectivity index (χ1n) is 9.58. The molecular formula is C20H20FN5O2. The smallest absolute Gasteiger partial charge is 0.256 e. The van der Waals surface area contributed by atoms with Crippen molar-refractivity contribution in [2.75, 3.05) is 19.7 Å². The number of nitrogens with zero attached hydrogens (tertiary/aromatic N) is 5. The van der Waals surface area contributed by atoms with E-state index in [0.717, 1.165) is 30.7 Å². The fourth-order valence-electron chi connectivity index (χ4n) is 3.62. The molecule has 2 fully saturated rings. The maximum Gasteiger partial charge on any atom is 0.256 e. The van der Waals surface area contributed by atoms with Crippen molar-refractivity contribution in [1.29, 1.82) is 0 Å². The summed E-state index contributed by atoms with van der Waals surface area (Å²) in [4.78, 5) is 14.2. The molecule has 1 aliphatic carbocycles. The van der Waals surface area contributed by atoms with Crippen molar-refractivity contribution >= 4 is 11.6 Å². The highest BCUT2D eigenvalue weighted by Crippen LogP contribution is 2.38. The summed E-state index contributed by atoms with van der Waals surface area (Å²) in [6.07, 6.45) is 3.07. The van der Waals surface area contributed by atoms with Crippen molar-refractivity contribution in [1.82, 2.24) is 24.7 Å². The molecule has 1 saturated carbocycles. The van der Waals surface area contributed by atoms with Gasteiger partial charge in [-0.25, -0.2) is 4.39 Å². The van der Waals surface area contributed by atoms with E-state index in [1.807, 2.05) is 6.07 Å². The van der Waals surface area contributed by atoms with Gasteiger partial charge in [-0.2, -0.15) is 4.52 Å². The molecule has 8 heteroatoms. The predicted molar refractivity (Wildman–Crippen MR) is 98.7 cm³/mol. The van der Waals surface area contributed by atoms with Crippen molar-refractivity contribution in [3.8, 4) is 5.88 Å². The van der Waals surface area contributed by atoms with Crippen LogP contribution in [0.2, 0.25) is 0 Å². The number of amides is 1. The molecule has 1 saturated heterocycles. The topological polar surface area (TPSA) is 72.6 Å². The molecular weight excluding hydrogens is 361 g/mol. The molecule has 3 aromatic rings. The molecule has 1 aromatic carbocycles. The van der Waals surface area contributed by atoms with E-state index in [9.17, 15) is 9.18 Å². The normalized spacial score (nSPS) is 19.3. The Bertz CT molecular complexity index is 1030. The van der Waals surface area contributed by atoms with E-state index in [-0.39, 0.29) is 17.4 Å². The summed E-state index contributed by atoms with van der Waals surface area (Å²) < 4.78 is 21.5. The van der Waals surface area contributed by atoms with E-state index in [1.165, 1.54) is 12.1 Å². The Labute approximate surface area is 161 Å². The minimum absolute atomic E-state index is 0.122. The highest BCUT2D eigenvalue weighted by Gasteiger charge is 2.30. The van der Waals surface area contributed by atoms with Crippen molar-refractivity contribution in [3.63, 3.8) is 0 Å². The first-order valence-corrected chi connectivity index (χ1v) is 9.58. The van der Waals surface area contributed by atoms with E-state index in [0.29, 0.717) is 31.5 Å². The monoisotopic (exact) mass is 381 g/mol. The van der Waals surface area contributed by atoms with Crippen molar-refractivity contribution in [3.05, 3.63) is 53.6 Å². The van der Waals surface area contributed by atoms with Crippen LogP contribution in [0.15, 0.2) is 36.4 Å². The lowest BCUT2D eigenvalue weighted by molar-refractivity contribution is 0.0778. The van der Waals surface area contributed by atoms with Crippen LogP contribution in [0, 0.1) is 11.7 Å². The number of likely N-dealkylation sites (tertiary alicyclic amines) is 1. The molecule has 3 heterocycles. The minimum Gasteiger partial charge on any atom is -0.476 e. The molecule has 0 spiro atoms. The second kappa shape index (κ2) is 6.85. The number of benzene rings is 1. The zero-order valence-corrected chi connectivity index (χ0v) is 15.3. The SMILES string of the molecule is O=C(c1ccccc1F)N1CCC(COc2ccc3nnc(C4CC4)n3n2)C1. The first-order chi connectivity index (χ1) is 13.7. The molecule has 1 amide bonds. The maximum atomic E-state index is 13.9. The minimum atomic E-state index is -0.481. The van der Waals surface area contributed by atoms with Crippen molar-refractivity contribution < 1.29 is 13.9 Å². The van der Waals surface area contributed by atoms with Crippen LogP contribution in [0.5, 0.6) is 5.88 Å². The molecule has 0 bridgehead atoms. The predicted octanol–water partition coefficient (Wildman–Crippen LogP) is 2.68. The molecule has 1 unspecified atom stereocenters. The molecule has 7 nitrogen and oxygen atoms in total. The van der Waals surface area contributed by atoms with Gasteiger partial charge in [0.05, 0.1) is 12.2 Å². The number of carbonyl (C=O) groups excluding carboxylic acids is 1. The van der Waals surface area contributed by atoms with Gasteiger partial charge in [0.15, 0.2) is 11.5 Å². The number of rotatable bonds is 5. The number of fused-ring (bicyclic) bond motifs is 1. The summed E-state index contributed by atoms with van der Waals surface area (Å²) in [7, 11) is 0. The van der Waals surface area contributed by atoms with E-state index in [2.05, 4.69) is 15.3 Å². The van der Waals surface area contributed by atoms with Gasteiger partial charge in [-0.05, 0) is 37.5 Å². The number of aromatic nitrogens is 4. The first kappa shape index (κ1) is 17.1. The Morgan fingerprint density at radius 1 is 1.14 bits per heavy atom. The fraction of sp³-hybridized carbons (Fsp3) is 0.400. The van der Waals surface area contributed by atoms with E-state index < -0.39 is 5.82 Å². The third kappa shape index (κ3) is 3.19. The number of hydrogen-bond donors (Lipinski definition) is 0. The van der Waals surface area contributed by atoms with Crippen LogP contribution in [0.1, 0.15) is 41.4 Å². The van der Waals surface area contributed by atoms with Crippen LogP contribution in [-0.4, -0.2) is 50.3 Å². The van der Waals surface area contributed by atoms with Crippen LogP contribution in [0.4, 0.5) is 4.39 Å². The van der Waals surface area contributed by atoms with Gasteiger partial charge in [0.2, 0.25) is 5.88 Å². The fourth-order valence-corrected chi connectivity index (χ4v) is 3.62. The standard InChI is InChI=1S/C20H20FN5O2/c21-16-4-2-1-3-15(16)20(27)25-10-9-13(11-25)12-28-18-8-7-17-22-23-19(14-5-6-14)26(17)24-18/h1-4,7-8,13-14H,5-6,9-12H2. The van der Waals surface area contributed by atoms with Crippen LogP contribution in [0.3, 0.4) is 0 Å². The molecule has 28 heavy (non-hydrogen) atoms. The summed E-state index contributed by atoms with van der Waals surface area (Å²) in [5.74, 6) is 1.31. The van der Waals surface area contributed by atoms with Gasteiger partial charge in [0, 0.05) is 31.0 Å². The van der Waals surface area contributed by atoms with Gasteiger partial charge in [-0.1, -0.05) is 12.1 Å².